The van der Waals surface area contributed by atoms with Crippen LogP contribution in [-0.4, -0.2) is 14.9 Å². The van der Waals surface area contributed by atoms with Gasteiger partial charge in [-0.3, -0.25) is 0 Å². The lowest BCUT2D eigenvalue weighted by atomic mass is 10.1. The van der Waals surface area contributed by atoms with Gasteiger partial charge < -0.3 is 10.3 Å². The van der Waals surface area contributed by atoms with Gasteiger partial charge >= 0.3 is 5.63 Å². The molecule has 0 saturated heterocycles. The molecule has 0 fully saturated rings. The highest BCUT2D eigenvalue weighted by molar-refractivity contribution is 9.10. The van der Waals surface area contributed by atoms with Crippen molar-refractivity contribution in [3.8, 4) is 11.4 Å². The smallest absolute Gasteiger partial charge is 0.336 e. The first kappa shape index (κ1) is 17.8. The molecule has 0 spiro atoms. The first-order valence-corrected chi connectivity index (χ1v) is 9.92. The van der Waals surface area contributed by atoms with Crippen molar-refractivity contribution < 1.29 is 4.42 Å². The second-order valence-corrected chi connectivity index (χ2v) is 7.83. The van der Waals surface area contributed by atoms with Crippen LogP contribution in [0.3, 0.4) is 0 Å². The quantitative estimate of drug-likeness (QED) is 0.290. The summed E-state index contributed by atoms with van der Waals surface area (Å²) in [5.74, 6) is 7.29. The lowest BCUT2D eigenvalue weighted by Gasteiger charge is -2.07. The Morgan fingerprint density at radius 3 is 2.81 bits per heavy atom. The van der Waals surface area contributed by atoms with Crippen molar-refractivity contribution in [2.75, 3.05) is 5.84 Å². The van der Waals surface area contributed by atoms with Crippen LogP contribution in [0.15, 0.2) is 67.4 Å². The van der Waals surface area contributed by atoms with E-state index in [0.29, 0.717) is 22.3 Å². The minimum absolute atomic E-state index is 0.369. The van der Waals surface area contributed by atoms with Crippen LogP contribution in [-0.2, 0) is 5.75 Å². The zero-order chi connectivity index (χ0) is 19.0. The zero-order valence-electron chi connectivity index (χ0n) is 14.3. The van der Waals surface area contributed by atoms with Gasteiger partial charge in [0.2, 0.25) is 5.16 Å². The van der Waals surface area contributed by atoms with Crippen LogP contribution >= 0.6 is 27.7 Å². The fourth-order valence-electron chi connectivity index (χ4n) is 2.80. The van der Waals surface area contributed by atoms with Crippen molar-refractivity contribution in [1.29, 1.82) is 0 Å². The van der Waals surface area contributed by atoms with Gasteiger partial charge in [0, 0.05) is 27.2 Å². The van der Waals surface area contributed by atoms with Gasteiger partial charge in [0.15, 0.2) is 5.82 Å². The molecule has 6 nitrogen and oxygen atoms in total. The number of benzene rings is 2. The Hall–Kier alpha value is -2.58. The normalized spacial score (nSPS) is 11.2. The maximum absolute atomic E-state index is 11.9. The number of fused-ring (bicyclic) bond motifs is 1. The second kappa shape index (κ2) is 7.21. The molecule has 0 saturated carbocycles. The van der Waals surface area contributed by atoms with Crippen LogP contribution in [0.5, 0.6) is 0 Å². The van der Waals surface area contributed by atoms with Gasteiger partial charge in [0.25, 0.3) is 0 Å². The summed E-state index contributed by atoms with van der Waals surface area (Å²) < 4.78 is 7.66. The Kier molecular flexibility index (Phi) is 4.75. The Balaban J connectivity index is 1.65. The maximum atomic E-state index is 11.9. The lowest BCUT2D eigenvalue weighted by molar-refractivity contribution is 0.559. The molecule has 0 aliphatic heterocycles. The number of aryl methyl sites for hydroxylation is 1. The molecule has 0 atom stereocenters. The van der Waals surface area contributed by atoms with Crippen molar-refractivity contribution in [3.05, 3.63) is 74.6 Å². The van der Waals surface area contributed by atoms with Crippen LogP contribution in [0.1, 0.15) is 11.1 Å². The van der Waals surface area contributed by atoms with Crippen LogP contribution in [0, 0.1) is 6.92 Å². The van der Waals surface area contributed by atoms with E-state index in [1.807, 2.05) is 49.4 Å². The number of nitrogens with two attached hydrogens (primary N) is 1. The van der Waals surface area contributed by atoms with Gasteiger partial charge in [-0.1, -0.05) is 52.0 Å². The fourth-order valence-corrected chi connectivity index (χ4v) is 4.11. The summed E-state index contributed by atoms with van der Waals surface area (Å²) >= 11 is 4.92. The van der Waals surface area contributed by atoms with Crippen molar-refractivity contribution >= 4 is 38.7 Å². The third kappa shape index (κ3) is 3.50. The molecule has 0 amide bonds. The fraction of sp³-hybridized carbons (Fsp3) is 0.105. The van der Waals surface area contributed by atoms with E-state index in [-0.39, 0.29) is 5.63 Å². The summed E-state index contributed by atoms with van der Waals surface area (Å²) in [5, 5.41) is 9.87. The Labute approximate surface area is 167 Å². The van der Waals surface area contributed by atoms with E-state index < -0.39 is 0 Å². The molecule has 2 N–H and O–H groups in total. The number of aromatic nitrogens is 3. The van der Waals surface area contributed by atoms with Gasteiger partial charge in [-0.2, -0.15) is 0 Å². The monoisotopic (exact) mass is 442 g/mol. The summed E-state index contributed by atoms with van der Waals surface area (Å²) in [6, 6.07) is 15.0. The number of hydrogen-bond donors (Lipinski definition) is 1. The average Bonchev–Trinajstić information content (AvgIpc) is 3.00. The highest BCUT2D eigenvalue weighted by Crippen LogP contribution is 2.30. The van der Waals surface area contributed by atoms with E-state index in [2.05, 4.69) is 26.1 Å². The SMILES string of the molecule is Cc1ccc2c(CSc3nnc(-c4ccccc4Br)n3N)cc(=O)oc2c1. The number of thioether (sulfide) groups is 1. The first-order chi connectivity index (χ1) is 13.0. The lowest BCUT2D eigenvalue weighted by Crippen LogP contribution is -2.11. The largest absolute Gasteiger partial charge is 0.423 e. The summed E-state index contributed by atoms with van der Waals surface area (Å²) in [4.78, 5) is 11.9. The van der Waals surface area contributed by atoms with Crippen LogP contribution in [0.25, 0.3) is 22.4 Å². The molecule has 4 rings (SSSR count). The van der Waals surface area contributed by atoms with E-state index in [9.17, 15) is 4.79 Å². The van der Waals surface area contributed by atoms with E-state index in [4.69, 9.17) is 10.3 Å². The molecule has 8 heteroatoms. The molecule has 2 heterocycles. The number of nitrogen functional groups attached to an aromatic ring is 1. The Morgan fingerprint density at radius 1 is 1.19 bits per heavy atom. The molecule has 0 aliphatic rings. The van der Waals surface area contributed by atoms with E-state index in [1.165, 1.54) is 22.5 Å². The average molecular weight is 443 g/mol. The molecule has 136 valence electrons. The third-order valence-electron chi connectivity index (χ3n) is 4.12. The van der Waals surface area contributed by atoms with Gasteiger partial charge in [-0.15, -0.1) is 10.2 Å². The Bertz CT molecular complexity index is 1200. The number of rotatable bonds is 4. The van der Waals surface area contributed by atoms with Crippen molar-refractivity contribution in [2.24, 2.45) is 0 Å². The topological polar surface area (TPSA) is 86.9 Å². The third-order valence-corrected chi connectivity index (χ3v) is 5.81. The van der Waals surface area contributed by atoms with Crippen molar-refractivity contribution in [3.63, 3.8) is 0 Å². The molecular weight excluding hydrogens is 428 g/mol. The molecule has 0 aliphatic carbocycles. The van der Waals surface area contributed by atoms with Crippen LogP contribution < -0.4 is 11.5 Å². The summed E-state index contributed by atoms with van der Waals surface area (Å²) in [7, 11) is 0. The highest BCUT2D eigenvalue weighted by atomic mass is 79.9. The Morgan fingerprint density at radius 2 is 2.00 bits per heavy atom. The van der Waals surface area contributed by atoms with Crippen LogP contribution in [0.4, 0.5) is 0 Å². The molecular formula is C19H15BrN4O2S. The highest BCUT2D eigenvalue weighted by Gasteiger charge is 2.15. The molecule has 0 radical (unpaired) electrons. The second-order valence-electron chi connectivity index (χ2n) is 6.03. The summed E-state index contributed by atoms with van der Waals surface area (Å²) in [6.45, 7) is 1.96. The predicted octanol–water partition coefficient (Wildman–Crippen LogP) is 4.13. The molecule has 27 heavy (non-hydrogen) atoms. The van der Waals surface area contributed by atoms with Crippen LogP contribution in [0.2, 0.25) is 0 Å². The standard InChI is InChI=1S/C19H15BrN4O2S/c1-11-6-7-13-12(9-17(25)26-16(13)8-11)10-27-19-23-22-18(24(19)21)14-4-2-3-5-15(14)20/h2-9H,10,21H2,1H3. The molecule has 0 unspecified atom stereocenters. The molecule has 4 aromatic rings. The summed E-state index contributed by atoms with van der Waals surface area (Å²) in [6.07, 6.45) is 0. The van der Waals surface area contributed by atoms with E-state index in [1.54, 1.807) is 0 Å². The van der Waals surface area contributed by atoms with E-state index >= 15 is 0 Å². The molecule has 2 aromatic carbocycles. The minimum atomic E-state index is -0.369. The number of halogens is 1. The predicted molar refractivity (Wildman–Crippen MR) is 110 cm³/mol. The van der Waals surface area contributed by atoms with Gasteiger partial charge in [-0.05, 0) is 36.2 Å². The minimum Gasteiger partial charge on any atom is -0.423 e. The zero-order valence-corrected chi connectivity index (χ0v) is 16.8. The maximum Gasteiger partial charge on any atom is 0.336 e. The van der Waals surface area contributed by atoms with Crippen molar-refractivity contribution in [1.82, 2.24) is 14.9 Å². The van der Waals surface area contributed by atoms with Gasteiger partial charge in [0.1, 0.15) is 5.58 Å². The molecule has 0 bridgehead atoms. The number of nitrogens with zero attached hydrogens (tertiary/aromatic N) is 3. The van der Waals surface area contributed by atoms with E-state index in [0.717, 1.165) is 26.5 Å². The number of hydrogen-bond acceptors (Lipinski definition) is 6. The van der Waals surface area contributed by atoms with Gasteiger partial charge in [-0.25, -0.2) is 9.47 Å². The van der Waals surface area contributed by atoms with Crippen molar-refractivity contribution in [2.45, 2.75) is 17.8 Å². The summed E-state index contributed by atoms with van der Waals surface area (Å²) in [5.41, 5.74) is 2.99. The van der Waals surface area contributed by atoms with Gasteiger partial charge in [0.05, 0.1) is 0 Å². The first-order valence-electron chi connectivity index (χ1n) is 8.14. The molecule has 2 aromatic heterocycles.